The molecule has 0 aromatic heterocycles. The standard InChI is InChI=1S/C8H12N2S2/c1-5-3-9-7(11-5)8-10-4-6(2)12-8/h5-6H,3-4H2,1-2H3. The minimum absolute atomic E-state index is 0.652. The van der Waals surface area contributed by atoms with Gasteiger partial charge in [-0.05, 0) is 0 Å². The summed E-state index contributed by atoms with van der Waals surface area (Å²) in [6.07, 6.45) is 0. The summed E-state index contributed by atoms with van der Waals surface area (Å²) in [5.74, 6) is 0. The van der Waals surface area contributed by atoms with Gasteiger partial charge < -0.3 is 0 Å². The van der Waals surface area contributed by atoms with Crippen LogP contribution in [0.5, 0.6) is 0 Å². The van der Waals surface area contributed by atoms with Gasteiger partial charge in [0.05, 0.1) is 13.1 Å². The highest BCUT2D eigenvalue weighted by molar-refractivity contribution is 8.26. The number of thioether (sulfide) groups is 2. The summed E-state index contributed by atoms with van der Waals surface area (Å²) < 4.78 is 0. The molecule has 0 amide bonds. The molecule has 0 aromatic rings. The molecule has 0 saturated carbocycles. The van der Waals surface area contributed by atoms with Crippen molar-refractivity contribution in [1.82, 2.24) is 0 Å². The number of aliphatic imine (C=N–C) groups is 2. The van der Waals surface area contributed by atoms with Crippen LogP contribution in [0.15, 0.2) is 9.98 Å². The van der Waals surface area contributed by atoms with Crippen molar-refractivity contribution in [2.75, 3.05) is 13.1 Å². The first-order valence-corrected chi connectivity index (χ1v) is 5.94. The highest BCUT2D eigenvalue weighted by atomic mass is 32.2. The molecule has 0 N–H and O–H groups in total. The Labute approximate surface area is 81.3 Å². The third-order valence-electron chi connectivity index (χ3n) is 1.79. The first kappa shape index (κ1) is 8.63. The molecule has 2 heterocycles. The predicted octanol–water partition coefficient (Wildman–Crippen LogP) is 2.05. The number of hydrogen-bond donors (Lipinski definition) is 0. The fourth-order valence-electron chi connectivity index (χ4n) is 1.19. The highest BCUT2D eigenvalue weighted by Gasteiger charge is 2.24. The molecule has 4 heteroatoms. The summed E-state index contributed by atoms with van der Waals surface area (Å²) in [7, 11) is 0. The van der Waals surface area contributed by atoms with Crippen LogP contribution in [0.2, 0.25) is 0 Å². The van der Waals surface area contributed by atoms with Gasteiger partial charge in [-0.15, -0.1) is 0 Å². The number of rotatable bonds is 1. The van der Waals surface area contributed by atoms with Gasteiger partial charge in [0, 0.05) is 10.5 Å². The maximum Gasteiger partial charge on any atom is 0.123 e. The first-order chi connectivity index (χ1) is 5.75. The van der Waals surface area contributed by atoms with Crippen molar-refractivity contribution >= 4 is 33.6 Å². The second-order valence-corrected chi connectivity index (χ2v) is 6.00. The van der Waals surface area contributed by atoms with Gasteiger partial charge in [-0.2, -0.15) is 0 Å². The van der Waals surface area contributed by atoms with E-state index in [2.05, 4.69) is 23.8 Å². The Morgan fingerprint density at radius 3 is 1.67 bits per heavy atom. The highest BCUT2D eigenvalue weighted by Crippen LogP contribution is 2.29. The van der Waals surface area contributed by atoms with Gasteiger partial charge in [0.25, 0.3) is 0 Å². The normalized spacial score (nSPS) is 35.2. The maximum absolute atomic E-state index is 4.46. The predicted molar refractivity (Wildman–Crippen MR) is 58.7 cm³/mol. The molecular formula is C8H12N2S2. The summed E-state index contributed by atoms with van der Waals surface area (Å²) >= 11 is 3.73. The molecule has 0 fully saturated rings. The third kappa shape index (κ3) is 1.69. The van der Waals surface area contributed by atoms with E-state index in [0.717, 1.165) is 13.1 Å². The SMILES string of the molecule is CC1CN=C(C2=NCC(C)S2)S1. The molecule has 2 aliphatic heterocycles. The molecule has 2 unspecified atom stereocenters. The minimum Gasteiger partial charge on any atom is -0.274 e. The summed E-state index contributed by atoms with van der Waals surface area (Å²) in [5, 5.41) is 3.66. The fourth-order valence-corrected chi connectivity index (χ4v) is 3.17. The van der Waals surface area contributed by atoms with Crippen LogP contribution >= 0.6 is 23.5 Å². The van der Waals surface area contributed by atoms with E-state index in [9.17, 15) is 0 Å². The fraction of sp³-hybridized carbons (Fsp3) is 0.750. The van der Waals surface area contributed by atoms with E-state index in [1.807, 2.05) is 23.5 Å². The molecule has 0 spiro atoms. The van der Waals surface area contributed by atoms with Crippen LogP contribution in [0.4, 0.5) is 0 Å². The van der Waals surface area contributed by atoms with Crippen LogP contribution in [0.25, 0.3) is 0 Å². The topological polar surface area (TPSA) is 24.7 Å². The van der Waals surface area contributed by atoms with Crippen molar-refractivity contribution < 1.29 is 0 Å². The molecule has 66 valence electrons. The van der Waals surface area contributed by atoms with E-state index in [-0.39, 0.29) is 0 Å². The zero-order chi connectivity index (χ0) is 8.55. The molecule has 2 aliphatic rings. The Morgan fingerprint density at radius 2 is 1.42 bits per heavy atom. The number of nitrogens with zero attached hydrogens (tertiary/aromatic N) is 2. The summed E-state index contributed by atoms with van der Waals surface area (Å²) in [6.45, 7) is 6.36. The molecule has 0 saturated heterocycles. The molecule has 2 rings (SSSR count). The van der Waals surface area contributed by atoms with Crippen molar-refractivity contribution in [3.8, 4) is 0 Å². The Morgan fingerprint density at radius 1 is 1.00 bits per heavy atom. The van der Waals surface area contributed by atoms with Gasteiger partial charge >= 0.3 is 0 Å². The molecule has 2 nitrogen and oxygen atoms in total. The van der Waals surface area contributed by atoms with Gasteiger partial charge in [-0.1, -0.05) is 37.4 Å². The van der Waals surface area contributed by atoms with Crippen molar-refractivity contribution in [3.63, 3.8) is 0 Å². The molecule has 2 atom stereocenters. The van der Waals surface area contributed by atoms with E-state index in [1.165, 1.54) is 10.1 Å². The zero-order valence-electron chi connectivity index (χ0n) is 7.28. The van der Waals surface area contributed by atoms with Gasteiger partial charge in [0.1, 0.15) is 10.1 Å². The van der Waals surface area contributed by atoms with Crippen molar-refractivity contribution in [2.45, 2.75) is 24.3 Å². The first-order valence-electron chi connectivity index (χ1n) is 4.18. The molecule has 0 aliphatic carbocycles. The lowest BCUT2D eigenvalue weighted by atomic mass is 10.5. The van der Waals surface area contributed by atoms with E-state index < -0.39 is 0 Å². The van der Waals surface area contributed by atoms with Crippen LogP contribution in [0.3, 0.4) is 0 Å². The van der Waals surface area contributed by atoms with Crippen molar-refractivity contribution in [2.24, 2.45) is 9.98 Å². The van der Waals surface area contributed by atoms with Crippen LogP contribution < -0.4 is 0 Å². The Kier molecular flexibility index (Phi) is 2.46. The smallest absolute Gasteiger partial charge is 0.123 e. The molecule has 12 heavy (non-hydrogen) atoms. The second-order valence-electron chi connectivity index (χ2n) is 3.15. The lowest BCUT2D eigenvalue weighted by Crippen LogP contribution is -2.03. The van der Waals surface area contributed by atoms with E-state index in [0.29, 0.717) is 10.5 Å². The lowest BCUT2D eigenvalue weighted by Gasteiger charge is -2.00. The van der Waals surface area contributed by atoms with Crippen LogP contribution in [-0.4, -0.2) is 33.7 Å². The van der Waals surface area contributed by atoms with E-state index in [4.69, 9.17) is 0 Å². The van der Waals surface area contributed by atoms with Gasteiger partial charge in [-0.25, -0.2) is 0 Å². The van der Waals surface area contributed by atoms with Crippen LogP contribution in [-0.2, 0) is 0 Å². The zero-order valence-corrected chi connectivity index (χ0v) is 8.91. The Hall–Kier alpha value is 0.0400. The van der Waals surface area contributed by atoms with Gasteiger partial charge in [0.15, 0.2) is 0 Å². The average molecular weight is 200 g/mol. The maximum atomic E-state index is 4.46. The van der Waals surface area contributed by atoms with E-state index in [1.54, 1.807) is 0 Å². The Bertz CT molecular complexity index is 221. The van der Waals surface area contributed by atoms with Crippen LogP contribution in [0, 0.1) is 0 Å². The summed E-state index contributed by atoms with van der Waals surface area (Å²) in [4.78, 5) is 8.92. The molecule has 0 bridgehead atoms. The monoisotopic (exact) mass is 200 g/mol. The molecule has 0 radical (unpaired) electrons. The number of hydrogen-bond acceptors (Lipinski definition) is 4. The van der Waals surface area contributed by atoms with Gasteiger partial charge in [-0.3, -0.25) is 9.98 Å². The average Bonchev–Trinajstić information content (AvgIpc) is 2.58. The van der Waals surface area contributed by atoms with Crippen LogP contribution in [0.1, 0.15) is 13.8 Å². The second kappa shape index (κ2) is 3.42. The van der Waals surface area contributed by atoms with Crippen molar-refractivity contribution in [3.05, 3.63) is 0 Å². The van der Waals surface area contributed by atoms with E-state index >= 15 is 0 Å². The summed E-state index contributed by atoms with van der Waals surface area (Å²) in [6, 6.07) is 0. The third-order valence-corrected chi connectivity index (χ3v) is 4.12. The quantitative estimate of drug-likeness (QED) is 0.647. The minimum atomic E-state index is 0.652. The summed E-state index contributed by atoms with van der Waals surface area (Å²) in [5.41, 5.74) is 0. The lowest BCUT2D eigenvalue weighted by molar-refractivity contribution is 0.974. The van der Waals surface area contributed by atoms with Crippen molar-refractivity contribution in [1.29, 1.82) is 0 Å². The van der Waals surface area contributed by atoms with Gasteiger partial charge in [0.2, 0.25) is 0 Å². The Balaban J connectivity index is 2.02. The molecular weight excluding hydrogens is 188 g/mol. The largest absolute Gasteiger partial charge is 0.274 e. The molecule has 0 aromatic carbocycles.